The van der Waals surface area contributed by atoms with Gasteiger partial charge in [0.25, 0.3) is 0 Å². The Kier molecular flexibility index (Phi) is 2.00. The summed E-state index contributed by atoms with van der Waals surface area (Å²) in [6.45, 7) is 5.99. The number of aryl methyl sites for hydroxylation is 1. The summed E-state index contributed by atoms with van der Waals surface area (Å²) in [7, 11) is 0. The predicted octanol–water partition coefficient (Wildman–Crippen LogP) is 0.919. The molecule has 1 N–H and O–H groups in total. The zero-order valence-electron chi connectivity index (χ0n) is 7.20. The van der Waals surface area contributed by atoms with Gasteiger partial charge in [-0.3, -0.25) is 4.68 Å². The second kappa shape index (κ2) is 2.66. The third-order valence-electron chi connectivity index (χ3n) is 1.79. The lowest BCUT2D eigenvalue weighted by Crippen LogP contribution is -2.32. The van der Waals surface area contributed by atoms with Gasteiger partial charge in [-0.25, -0.2) is 0 Å². The predicted molar refractivity (Wildman–Crippen MR) is 43.4 cm³/mol. The topological polar surface area (TPSA) is 38.0 Å². The van der Waals surface area contributed by atoms with Crippen LogP contribution in [0.3, 0.4) is 0 Å². The van der Waals surface area contributed by atoms with Crippen molar-refractivity contribution < 1.29 is 5.11 Å². The van der Waals surface area contributed by atoms with Crippen LogP contribution in [-0.4, -0.2) is 21.5 Å². The average molecular weight is 154 g/mol. The van der Waals surface area contributed by atoms with E-state index in [1.165, 1.54) is 0 Å². The van der Waals surface area contributed by atoms with E-state index in [2.05, 4.69) is 5.10 Å². The van der Waals surface area contributed by atoms with E-state index in [0.717, 1.165) is 5.69 Å². The zero-order chi connectivity index (χ0) is 8.48. The van der Waals surface area contributed by atoms with Gasteiger partial charge in [-0.1, -0.05) is 0 Å². The first-order valence-electron chi connectivity index (χ1n) is 3.70. The molecule has 0 atom stereocenters. The molecule has 0 unspecified atom stereocenters. The van der Waals surface area contributed by atoms with Gasteiger partial charge in [0.2, 0.25) is 0 Å². The Hall–Kier alpha value is -0.830. The maximum atomic E-state index is 9.03. The number of hydrogen-bond donors (Lipinski definition) is 1. The summed E-state index contributed by atoms with van der Waals surface area (Å²) in [6.07, 6.45) is 1.74. The van der Waals surface area contributed by atoms with Crippen LogP contribution < -0.4 is 0 Å². The molecule has 62 valence electrons. The van der Waals surface area contributed by atoms with E-state index in [0.29, 0.717) is 0 Å². The molecule has 1 heterocycles. The lowest BCUT2D eigenvalue weighted by Gasteiger charge is -2.23. The number of aliphatic hydroxyl groups excluding tert-OH is 1. The minimum atomic E-state index is -0.284. The fourth-order valence-corrected chi connectivity index (χ4v) is 1.07. The summed E-state index contributed by atoms with van der Waals surface area (Å²) in [4.78, 5) is 0. The minimum absolute atomic E-state index is 0.107. The zero-order valence-corrected chi connectivity index (χ0v) is 7.20. The fourth-order valence-electron chi connectivity index (χ4n) is 1.07. The Balaban J connectivity index is 3.00. The molecule has 1 aromatic rings. The summed E-state index contributed by atoms with van der Waals surface area (Å²) >= 11 is 0. The van der Waals surface area contributed by atoms with E-state index >= 15 is 0 Å². The van der Waals surface area contributed by atoms with Gasteiger partial charge >= 0.3 is 0 Å². The van der Waals surface area contributed by atoms with Crippen LogP contribution in [0.2, 0.25) is 0 Å². The number of rotatable bonds is 2. The summed E-state index contributed by atoms with van der Waals surface area (Å²) in [5.41, 5.74) is 0.789. The molecule has 0 aliphatic carbocycles. The van der Waals surface area contributed by atoms with Crippen molar-refractivity contribution in [3.8, 4) is 0 Å². The lowest BCUT2D eigenvalue weighted by atomic mass is 10.1. The first-order chi connectivity index (χ1) is 5.08. The average Bonchev–Trinajstić information content (AvgIpc) is 2.36. The van der Waals surface area contributed by atoms with Gasteiger partial charge in [-0.05, 0) is 26.8 Å². The summed E-state index contributed by atoms with van der Waals surface area (Å²) < 4.78 is 1.83. The van der Waals surface area contributed by atoms with Gasteiger partial charge < -0.3 is 5.11 Å². The SMILES string of the molecule is Cc1ccnn1C(C)(C)CO. The maximum Gasteiger partial charge on any atom is 0.0804 e. The molecule has 1 rings (SSSR count). The van der Waals surface area contributed by atoms with Crippen LogP contribution in [0, 0.1) is 6.92 Å². The van der Waals surface area contributed by atoms with Crippen LogP contribution in [0.25, 0.3) is 0 Å². The molecule has 0 aromatic carbocycles. The third-order valence-corrected chi connectivity index (χ3v) is 1.79. The molecule has 0 bridgehead atoms. The van der Waals surface area contributed by atoms with Crippen LogP contribution >= 0.6 is 0 Å². The Morgan fingerprint density at radius 2 is 2.27 bits per heavy atom. The van der Waals surface area contributed by atoms with Crippen LogP contribution in [0.5, 0.6) is 0 Å². The van der Waals surface area contributed by atoms with Crippen molar-refractivity contribution in [2.45, 2.75) is 26.3 Å². The normalized spacial score (nSPS) is 12.0. The molecule has 0 amide bonds. The molecule has 3 heteroatoms. The maximum absolute atomic E-state index is 9.03. The molecular weight excluding hydrogens is 140 g/mol. The van der Waals surface area contributed by atoms with Crippen LogP contribution in [0.1, 0.15) is 19.5 Å². The van der Waals surface area contributed by atoms with Crippen molar-refractivity contribution in [2.24, 2.45) is 0 Å². The van der Waals surface area contributed by atoms with Crippen molar-refractivity contribution in [1.29, 1.82) is 0 Å². The van der Waals surface area contributed by atoms with E-state index in [1.54, 1.807) is 6.20 Å². The Morgan fingerprint density at radius 3 is 2.64 bits per heavy atom. The molecule has 0 aliphatic heterocycles. The quantitative estimate of drug-likeness (QED) is 0.687. The molecule has 1 aromatic heterocycles. The van der Waals surface area contributed by atoms with Crippen molar-refractivity contribution in [3.63, 3.8) is 0 Å². The molecule has 3 nitrogen and oxygen atoms in total. The van der Waals surface area contributed by atoms with Crippen LogP contribution in [0.4, 0.5) is 0 Å². The van der Waals surface area contributed by atoms with Gasteiger partial charge in [0.15, 0.2) is 0 Å². The summed E-state index contributed by atoms with van der Waals surface area (Å²) in [5.74, 6) is 0. The highest BCUT2D eigenvalue weighted by molar-refractivity contribution is 5.00. The van der Waals surface area contributed by atoms with Crippen LogP contribution in [-0.2, 0) is 5.54 Å². The van der Waals surface area contributed by atoms with Crippen molar-refractivity contribution in [3.05, 3.63) is 18.0 Å². The number of aromatic nitrogens is 2. The standard InChI is InChI=1S/C8H14N2O/c1-7-4-5-9-10(7)8(2,3)6-11/h4-5,11H,6H2,1-3H3. The fraction of sp³-hybridized carbons (Fsp3) is 0.625. The van der Waals surface area contributed by atoms with Crippen molar-refractivity contribution in [2.75, 3.05) is 6.61 Å². The van der Waals surface area contributed by atoms with E-state index in [-0.39, 0.29) is 12.1 Å². The Labute approximate surface area is 66.7 Å². The molecular formula is C8H14N2O. The highest BCUT2D eigenvalue weighted by Crippen LogP contribution is 2.14. The summed E-state index contributed by atoms with van der Waals surface area (Å²) in [5, 5.41) is 13.1. The monoisotopic (exact) mass is 154 g/mol. The van der Waals surface area contributed by atoms with E-state index in [9.17, 15) is 0 Å². The van der Waals surface area contributed by atoms with E-state index < -0.39 is 0 Å². The molecule has 0 aliphatic rings. The van der Waals surface area contributed by atoms with Crippen molar-refractivity contribution in [1.82, 2.24) is 9.78 Å². The van der Waals surface area contributed by atoms with E-state index in [4.69, 9.17) is 5.11 Å². The van der Waals surface area contributed by atoms with Gasteiger partial charge in [-0.15, -0.1) is 0 Å². The lowest BCUT2D eigenvalue weighted by molar-refractivity contribution is 0.150. The molecule has 11 heavy (non-hydrogen) atoms. The van der Waals surface area contributed by atoms with Crippen molar-refractivity contribution >= 4 is 0 Å². The van der Waals surface area contributed by atoms with Gasteiger partial charge in [0.05, 0.1) is 12.1 Å². The molecule has 0 saturated carbocycles. The molecule has 0 fully saturated rings. The number of aliphatic hydroxyl groups is 1. The highest BCUT2D eigenvalue weighted by Gasteiger charge is 2.20. The smallest absolute Gasteiger partial charge is 0.0804 e. The minimum Gasteiger partial charge on any atom is -0.394 e. The second-order valence-corrected chi connectivity index (χ2v) is 3.35. The molecule has 0 saturated heterocycles. The summed E-state index contributed by atoms with van der Waals surface area (Å²) in [6, 6.07) is 1.93. The van der Waals surface area contributed by atoms with Crippen LogP contribution in [0.15, 0.2) is 12.3 Å². The Morgan fingerprint density at radius 1 is 1.64 bits per heavy atom. The molecule has 0 radical (unpaired) electrons. The molecule has 0 spiro atoms. The second-order valence-electron chi connectivity index (χ2n) is 3.35. The number of nitrogens with zero attached hydrogens (tertiary/aromatic N) is 2. The first kappa shape index (κ1) is 8.27. The highest BCUT2D eigenvalue weighted by atomic mass is 16.3. The van der Waals surface area contributed by atoms with Gasteiger partial charge in [-0.2, -0.15) is 5.10 Å². The van der Waals surface area contributed by atoms with Gasteiger partial charge in [0.1, 0.15) is 0 Å². The third kappa shape index (κ3) is 1.43. The first-order valence-corrected chi connectivity index (χ1v) is 3.70. The Bertz CT molecular complexity index is 240. The number of hydrogen-bond acceptors (Lipinski definition) is 2. The van der Waals surface area contributed by atoms with E-state index in [1.807, 2.05) is 31.5 Å². The largest absolute Gasteiger partial charge is 0.394 e. The van der Waals surface area contributed by atoms with Gasteiger partial charge in [0, 0.05) is 11.9 Å².